The lowest BCUT2D eigenvalue weighted by Crippen LogP contribution is -2.36. The summed E-state index contributed by atoms with van der Waals surface area (Å²) < 4.78 is 21.1. The van der Waals surface area contributed by atoms with Crippen LogP contribution in [0.25, 0.3) is 44.5 Å². The highest BCUT2D eigenvalue weighted by molar-refractivity contribution is 7.99. The molecule has 0 saturated carbocycles. The number of piperidine rings is 2. The molecule has 5 fully saturated rings. The molecule has 15 rings (SSSR count). The molecule has 0 aliphatic carbocycles. The molecule has 0 radical (unpaired) electrons. The number of ether oxygens (including phenoxy) is 3. The number of hydrogen-bond acceptors (Lipinski definition) is 37. The van der Waals surface area contributed by atoms with Gasteiger partial charge in [0.05, 0.1) is 57.7 Å². The molecule has 10 aromatic rings. The Kier molecular flexibility index (Phi) is 32.9. The van der Waals surface area contributed by atoms with Crippen molar-refractivity contribution in [2.24, 2.45) is 0 Å². The summed E-state index contributed by atoms with van der Waals surface area (Å²) in [6, 6.07) is 17.0. The van der Waals surface area contributed by atoms with Crippen molar-refractivity contribution < 1.29 is 75.2 Å². The fourth-order valence-corrected chi connectivity index (χ4v) is 15.5. The second-order valence-corrected chi connectivity index (χ2v) is 30.3. The van der Waals surface area contributed by atoms with Crippen molar-refractivity contribution in [3.63, 3.8) is 0 Å². The number of fused-ring (bicyclic) bond motifs is 4. The summed E-state index contributed by atoms with van der Waals surface area (Å²) in [7, 11) is 0. The van der Waals surface area contributed by atoms with E-state index in [9.17, 15) is 55.9 Å². The van der Waals surface area contributed by atoms with Crippen LogP contribution in [0.3, 0.4) is 0 Å². The van der Waals surface area contributed by atoms with Crippen LogP contribution in [0.2, 0.25) is 0 Å². The predicted molar refractivity (Wildman–Crippen MR) is 446 cm³/mol. The van der Waals surface area contributed by atoms with Gasteiger partial charge in [0.1, 0.15) is 88.8 Å². The molecule has 0 bridgehead atoms. The molecular weight excluding hydrogens is 1570 g/mol. The minimum Gasteiger partial charge on any atom is -0.395 e. The number of thioether (sulfide) groups is 1. The van der Waals surface area contributed by atoms with Gasteiger partial charge in [-0.05, 0) is 102 Å². The predicted octanol–water partition coefficient (Wildman–Crippen LogP) is 2.62. The summed E-state index contributed by atoms with van der Waals surface area (Å²) >= 11 is 1.47. The van der Waals surface area contributed by atoms with Gasteiger partial charge in [-0.3, -0.25) is 18.5 Å². The number of nitrogens with one attached hydrogen (secondary N) is 1. The van der Waals surface area contributed by atoms with E-state index >= 15 is 0 Å². The molecule has 12 atom stereocenters. The number of ketones is 1. The first kappa shape index (κ1) is 91.1. The van der Waals surface area contributed by atoms with Gasteiger partial charge in [-0.1, -0.05) is 86.1 Å². The number of aryl methyl sites for hydroxylation is 4. The van der Waals surface area contributed by atoms with Gasteiger partial charge in [0.2, 0.25) is 17.8 Å². The van der Waals surface area contributed by atoms with E-state index in [0.29, 0.717) is 93.9 Å². The third-order valence-corrected chi connectivity index (χ3v) is 21.7. The molecule has 5 aliphatic rings. The first-order valence-corrected chi connectivity index (χ1v) is 40.5. The molecule has 5 saturated heterocycles. The molecule has 642 valence electrons. The zero-order valence-electron chi connectivity index (χ0n) is 66.9. The lowest BCUT2D eigenvalue weighted by molar-refractivity contribution is -0.133. The van der Waals surface area contributed by atoms with E-state index in [2.05, 4.69) is 129 Å². The van der Waals surface area contributed by atoms with E-state index in [0.717, 1.165) is 113 Å². The van der Waals surface area contributed by atoms with Gasteiger partial charge in [0.25, 0.3) is 0 Å². The summed E-state index contributed by atoms with van der Waals surface area (Å²) in [5.74, 6) is 4.01. The van der Waals surface area contributed by atoms with Crippen LogP contribution in [0, 0.1) is 13.8 Å². The fourth-order valence-electron chi connectivity index (χ4n) is 14.6. The molecule has 118 heavy (non-hydrogen) atoms. The van der Waals surface area contributed by atoms with Gasteiger partial charge in [0.15, 0.2) is 69.8 Å². The molecule has 39 nitrogen and oxygen atoms in total. The average Bonchev–Trinajstić information content (AvgIpc) is 1.41. The van der Waals surface area contributed by atoms with Crippen molar-refractivity contribution in [3.8, 4) is 0 Å². The van der Waals surface area contributed by atoms with Gasteiger partial charge in [-0.15, -0.1) is 12.4 Å². The monoisotopic (exact) mass is 1680 g/mol. The number of aromatic nitrogens is 16. The maximum atomic E-state index is 11.7. The number of aliphatic hydroxyl groups is 11. The van der Waals surface area contributed by atoms with Crippen LogP contribution in [0.15, 0.2) is 79.0 Å². The molecule has 8 aromatic heterocycles. The Morgan fingerprint density at radius 2 is 0.975 bits per heavy atom. The maximum absolute atomic E-state index is 11.7. The van der Waals surface area contributed by atoms with Gasteiger partial charge < -0.3 is 113 Å². The third kappa shape index (κ3) is 21.0. The Hall–Kier alpha value is -9.18. The molecule has 2 aromatic carbocycles. The van der Waals surface area contributed by atoms with Crippen molar-refractivity contribution in [1.82, 2.24) is 84.6 Å². The summed E-state index contributed by atoms with van der Waals surface area (Å²) in [5.41, 5.74) is 21.5. The number of carbonyl (C=O) groups excluding carboxylic acids is 1. The van der Waals surface area contributed by atoms with E-state index in [1.165, 1.54) is 88.2 Å². The Balaban J connectivity index is 0.000000168. The van der Waals surface area contributed by atoms with Crippen LogP contribution in [0.4, 0.5) is 41.1 Å². The summed E-state index contributed by atoms with van der Waals surface area (Å²) in [5, 5.41) is 112. The third-order valence-electron chi connectivity index (χ3n) is 20.9. The van der Waals surface area contributed by atoms with Crippen molar-refractivity contribution >= 4 is 116 Å². The van der Waals surface area contributed by atoms with E-state index in [-0.39, 0.29) is 55.8 Å². The van der Waals surface area contributed by atoms with E-state index in [4.69, 9.17) is 50.7 Å². The number of hydrogen-bond donors (Lipinski definition) is 15. The molecule has 3 unspecified atom stereocenters. The van der Waals surface area contributed by atoms with Crippen LogP contribution in [0.1, 0.15) is 119 Å². The summed E-state index contributed by atoms with van der Waals surface area (Å²) in [6.07, 6.45) is 4.28. The van der Waals surface area contributed by atoms with Crippen molar-refractivity contribution in [3.05, 3.63) is 102 Å². The lowest BCUT2D eigenvalue weighted by atomic mass is 10.1. The van der Waals surface area contributed by atoms with Crippen molar-refractivity contribution in [1.29, 1.82) is 0 Å². The lowest BCUT2D eigenvalue weighted by Gasteiger charge is -2.33. The quantitative estimate of drug-likeness (QED) is 0.0247. The normalized spacial score (nSPS) is 22.3. The Morgan fingerprint density at radius 1 is 0.508 bits per heavy atom. The number of imidazole rings is 3. The van der Waals surface area contributed by atoms with Crippen LogP contribution in [-0.2, 0) is 38.3 Å². The second-order valence-electron chi connectivity index (χ2n) is 29.2. The van der Waals surface area contributed by atoms with Crippen LogP contribution in [0.5, 0.6) is 0 Å². The van der Waals surface area contributed by atoms with Crippen molar-refractivity contribution in [2.45, 2.75) is 184 Å². The Bertz CT molecular complexity index is 4770. The zero-order chi connectivity index (χ0) is 82.3. The number of halogens is 1. The summed E-state index contributed by atoms with van der Waals surface area (Å²) in [4.78, 5) is 78.6. The molecule has 41 heteroatoms. The molecular formula is C77H111ClN24O15S. The smallest absolute Gasteiger partial charge is 0.228 e. The SMILES string of the molecule is CCCN(CCO)c1nc(N2CCCCC2)c2nc(N(CCO)CCO)nc(N3CCCCC3)c2n1.CCCc1ccc(CCNc2nc(C)c3ncn([C@@H]4O[C@H](C(C)=O)C(O)[C@@H]4O)c3n2)cc1.Cc1ccc(CCSc2nc(N)c3ncn([C@@H]4O[C@H](CO)C(O)[C@@H]4O)c3n2)cc1.Cl.N.Nc1ncnc2c1ncn2[C@@H]1O[C@H](CO)C(O)[C@@H]1O. The largest absolute Gasteiger partial charge is 0.395 e. The second kappa shape index (κ2) is 42.7. The first-order valence-electron chi connectivity index (χ1n) is 39.5. The standard InChI is InChI=1S/C25H42N8O3.C23H29N5O4.C19H23N5O4S.C10H13N5O4.ClH.H3N/c1-2-9-32(14-17-34)24-26-20-21(22(28-24)30-10-5-3-6-11-30)27-25(33(15-18-35)16-19-36)29-23(20)31-12-7-4-8-13-31;1-4-5-15-6-8-16(9-7-15)10-11-24-23-26-13(2)17-21(27-23)28(12-25-17)22-19(31)18(30)20(32-22)14(3)29;1-10-2-4-11(5-3-10)6-7-29-19-22-16(20)13-17(23-19)24(9-21-13)18-15(27)14(26)12(8-25)28-18;11-8-5-9(13-2-12-8)15(3-14-5)10-7(18)6(17)4(1-16)19-10;;/h34-36H,2-19H2,1H3;6-9,12,18-20,22,30-31H,4-5,10-11H2,1-3H3,(H,24,26,27);2-5,9,12,14-15,18,25-27H,6-8H2,1H3,(H2,20,22,23);2-4,6-7,10,16-18H,1H2,(H2,11,12,13);1H;1H3/t;18?,19-,20+,22+;12-,14?,15+,18-;4-,6?,7+,10-;;/m.011../s1. The Labute approximate surface area is 692 Å². The van der Waals surface area contributed by atoms with Crippen molar-refractivity contribution in [2.75, 3.05) is 134 Å². The number of nitrogens with zero attached hydrogens (tertiary/aromatic N) is 20. The molecule has 0 amide bonds. The number of Topliss-reactive ketones (excluding diaryl/α,β-unsaturated/α-hetero) is 1. The molecule has 5 aliphatic heterocycles. The number of carbonyl (C=O) groups is 1. The number of aliphatic hydroxyl groups excluding tert-OH is 11. The van der Waals surface area contributed by atoms with E-state index in [1.807, 2.05) is 16.7 Å². The van der Waals surface area contributed by atoms with E-state index in [1.54, 1.807) is 4.57 Å². The minimum absolute atomic E-state index is 0. The zero-order valence-corrected chi connectivity index (χ0v) is 68.5. The topological polar surface area (TPSA) is 562 Å². The number of nitrogen functional groups attached to an aromatic ring is 2. The number of anilines is 7. The minimum atomic E-state index is -1.31. The van der Waals surface area contributed by atoms with Gasteiger partial charge in [-0.2, -0.15) is 15.0 Å². The Morgan fingerprint density at radius 3 is 1.47 bits per heavy atom. The van der Waals surface area contributed by atoms with Gasteiger partial charge in [-0.25, -0.2) is 49.8 Å². The van der Waals surface area contributed by atoms with E-state index < -0.39 is 86.8 Å². The molecule has 0 spiro atoms. The number of nitrogens with two attached hydrogens (primary N) is 2. The molecule has 13 heterocycles. The van der Waals surface area contributed by atoms with Crippen LogP contribution >= 0.6 is 24.2 Å². The highest BCUT2D eigenvalue weighted by Gasteiger charge is 2.48. The first-order chi connectivity index (χ1) is 56.2. The van der Waals surface area contributed by atoms with Gasteiger partial charge in [0, 0.05) is 64.7 Å². The van der Waals surface area contributed by atoms with Crippen LogP contribution in [-0.4, -0.2) is 293 Å². The molecule has 19 N–H and O–H groups in total. The number of rotatable bonds is 28. The van der Waals surface area contributed by atoms with Crippen LogP contribution < -0.4 is 42.5 Å². The highest BCUT2D eigenvalue weighted by atomic mass is 35.5. The highest BCUT2D eigenvalue weighted by Crippen LogP contribution is 2.39. The summed E-state index contributed by atoms with van der Waals surface area (Å²) in [6.45, 7) is 14.8. The van der Waals surface area contributed by atoms with Gasteiger partial charge >= 0.3 is 0 Å². The number of benzene rings is 2. The fraction of sp³-hybridized carbons (Fsp3) is 0.558. The average molecular weight is 1680 g/mol. The maximum Gasteiger partial charge on any atom is 0.228 e.